The second-order valence-electron chi connectivity index (χ2n) is 4.83. The number of benzene rings is 1. The lowest BCUT2D eigenvalue weighted by atomic mass is 10.2. The van der Waals surface area contributed by atoms with Crippen molar-refractivity contribution in [1.29, 1.82) is 0 Å². The molecule has 1 N–H and O–H groups in total. The summed E-state index contributed by atoms with van der Waals surface area (Å²) in [5, 5.41) is 4.78. The van der Waals surface area contributed by atoms with Gasteiger partial charge in [-0.1, -0.05) is 34.5 Å². The molecule has 0 radical (unpaired) electrons. The van der Waals surface area contributed by atoms with Crippen LogP contribution in [0.1, 0.15) is 20.3 Å². The molecule has 2 rings (SSSR count). The molecule has 3 nitrogen and oxygen atoms in total. The van der Waals surface area contributed by atoms with E-state index in [0.29, 0.717) is 5.15 Å². The van der Waals surface area contributed by atoms with E-state index >= 15 is 0 Å². The van der Waals surface area contributed by atoms with Gasteiger partial charge in [-0.2, -0.15) is 0 Å². The van der Waals surface area contributed by atoms with E-state index in [0.717, 1.165) is 45.1 Å². The van der Waals surface area contributed by atoms with Crippen LogP contribution in [0.3, 0.4) is 0 Å². The summed E-state index contributed by atoms with van der Waals surface area (Å²) in [6.07, 6.45) is 1.15. The lowest BCUT2D eigenvalue weighted by molar-refractivity contribution is 0.218. The number of nitrogens with one attached hydrogen (secondary N) is 1. The maximum atomic E-state index is 6.06. The molecule has 0 bridgehead atoms. The third kappa shape index (κ3) is 4.31. The molecule has 0 aliphatic carbocycles. The molecular formula is C15H17Br2ClN2O. The quantitative estimate of drug-likeness (QED) is 0.500. The molecule has 114 valence electrons. The average Bonchev–Trinajstić information content (AvgIpc) is 2.43. The van der Waals surface area contributed by atoms with E-state index in [1.54, 1.807) is 6.07 Å². The van der Waals surface area contributed by atoms with E-state index in [-0.39, 0.29) is 6.10 Å². The summed E-state index contributed by atoms with van der Waals surface area (Å²) >= 11 is 13.1. The predicted molar refractivity (Wildman–Crippen MR) is 95.4 cm³/mol. The van der Waals surface area contributed by atoms with Crippen LogP contribution >= 0.6 is 43.5 Å². The fourth-order valence-electron chi connectivity index (χ4n) is 2.01. The van der Waals surface area contributed by atoms with Crippen LogP contribution in [0.15, 0.2) is 27.1 Å². The number of aromatic nitrogens is 1. The molecule has 0 saturated heterocycles. The van der Waals surface area contributed by atoms with Crippen LogP contribution < -0.4 is 10.1 Å². The molecule has 0 aliphatic heterocycles. The maximum absolute atomic E-state index is 6.06. The van der Waals surface area contributed by atoms with Crippen molar-refractivity contribution in [3.8, 4) is 5.75 Å². The van der Waals surface area contributed by atoms with Crippen molar-refractivity contribution < 1.29 is 4.74 Å². The van der Waals surface area contributed by atoms with E-state index in [4.69, 9.17) is 16.3 Å². The van der Waals surface area contributed by atoms with Gasteiger partial charge >= 0.3 is 0 Å². The molecule has 1 aromatic carbocycles. The summed E-state index contributed by atoms with van der Waals surface area (Å²) in [7, 11) is 0. The number of pyridine rings is 1. The fourth-order valence-corrected chi connectivity index (χ4v) is 3.52. The topological polar surface area (TPSA) is 34.1 Å². The molecule has 0 amide bonds. The van der Waals surface area contributed by atoms with Crippen molar-refractivity contribution >= 4 is 54.4 Å². The highest BCUT2D eigenvalue weighted by atomic mass is 79.9. The highest BCUT2D eigenvalue weighted by Crippen LogP contribution is 2.38. The number of rotatable bonds is 6. The van der Waals surface area contributed by atoms with Gasteiger partial charge in [-0.05, 0) is 54.0 Å². The molecule has 1 atom stereocenters. The first kappa shape index (κ1) is 17.0. The van der Waals surface area contributed by atoms with E-state index in [9.17, 15) is 0 Å². The third-order valence-corrected chi connectivity index (χ3v) is 4.44. The standard InChI is InChI=1S/C15H17Br2ClN2O/c1-3-6-19-8-9(2)21-15-12(17)7-11(16)10-4-5-13(18)20-14(10)15/h4-5,7,9,19H,3,6,8H2,1-2H3. The smallest absolute Gasteiger partial charge is 0.160 e. The maximum Gasteiger partial charge on any atom is 0.160 e. The molecule has 6 heteroatoms. The zero-order chi connectivity index (χ0) is 15.4. The van der Waals surface area contributed by atoms with Crippen molar-refractivity contribution in [2.24, 2.45) is 0 Å². The minimum absolute atomic E-state index is 0.0398. The van der Waals surface area contributed by atoms with Gasteiger partial charge in [-0.3, -0.25) is 0 Å². The Labute approximate surface area is 146 Å². The Morgan fingerprint density at radius 2 is 2.10 bits per heavy atom. The van der Waals surface area contributed by atoms with Crippen LogP contribution in [0.4, 0.5) is 0 Å². The monoisotopic (exact) mass is 434 g/mol. The molecule has 0 aliphatic rings. The van der Waals surface area contributed by atoms with Gasteiger partial charge in [-0.15, -0.1) is 0 Å². The van der Waals surface area contributed by atoms with Gasteiger partial charge in [0.2, 0.25) is 0 Å². The molecule has 1 heterocycles. The van der Waals surface area contributed by atoms with Gasteiger partial charge in [0.25, 0.3) is 0 Å². The van der Waals surface area contributed by atoms with E-state index < -0.39 is 0 Å². The zero-order valence-electron chi connectivity index (χ0n) is 11.9. The van der Waals surface area contributed by atoms with Crippen LogP contribution in [0, 0.1) is 0 Å². The average molecular weight is 437 g/mol. The molecule has 0 fully saturated rings. The summed E-state index contributed by atoms with van der Waals surface area (Å²) < 4.78 is 7.88. The highest BCUT2D eigenvalue weighted by molar-refractivity contribution is 9.11. The van der Waals surface area contributed by atoms with Gasteiger partial charge in [0.15, 0.2) is 5.75 Å². The van der Waals surface area contributed by atoms with E-state index in [1.807, 2.05) is 19.1 Å². The third-order valence-electron chi connectivity index (χ3n) is 2.98. The first-order chi connectivity index (χ1) is 10.0. The molecule has 1 unspecified atom stereocenters. The number of halogens is 3. The number of hydrogen-bond donors (Lipinski definition) is 1. The SMILES string of the molecule is CCCNCC(C)Oc1c(Br)cc(Br)c2ccc(Cl)nc12. The minimum atomic E-state index is 0.0398. The van der Waals surface area contributed by atoms with Gasteiger partial charge in [-0.25, -0.2) is 4.98 Å². The zero-order valence-corrected chi connectivity index (χ0v) is 15.8. The summed E-state index contributed by atoms with van der Waals surface area (Å²) in [4.78, 5) is 4.41. The van der Waals surface area contributed by atoms with E-state index in [1.165, 1.54) is 0 Å². The van der Waals surface area contributed by atoms with Crippen molar-refractivity contribution in [2.75, 3.05) is 13.1 Å². The minimum Gasteiger partial charge on any atom is -0.486 e. The summed E-state index contributed by atoms with van der Waals surface area (Å²) in [5.41, 5.74) is 0.756. The number of hydrogen-bond acceptors (Lipinski definition) is 3. The van der Waals surface area contributed by atoms with Crippen LogP contribution in [-0.2, 0) is 0 Å². The largest absolute Gasteiger partial charge is 0.486 e. The van der Waals surface area contributed by atoms with Crippen LogP contribution in [0.2, 0.25) is 5.15 Å². The lowest BCUT2D eigenvalue weighted by Gasteiger charge is -2.18. The first-order valence-corrected chi connectivity index (χ1v) is 8.81. The normalized spacial score (nSPS) is 12.6. The van der Waals surface area contributed by atoms with Gasteiger partial charge < -0.3 is 10.1 Å². The summed E-state index contributed by atoms with van der Waals surface area (Å²) in [6, 6.07) is 5.69. The predicted octanol–water partition coefficient (Wildman–Crippen LogP) is 5.18. The Morgan fingerprint density at radius 1 is 1.33 bits per heavy atom. The Balaban J connectivity index is 2.32. The number of ether oxygens (including phenoxy) is 1. The molecular weight excluding hydrogens is 419 g/mol. The molecule has 21 heavy (non-hydrogen) atoms. The molecule has 0 saturated carbocycles. The summed E-state index contributed by atoms with van der Waals surface area (Å²) in [5.74, 6) is 0.724. The van der Waals surface area contributed by atoms with Gasteiger partial charge in [0.05, 0.1) is 4.47 Å². The van der Waals surface area contributed by atoms with Crippen LogP contribution in [0.25, 0.3) is 10.9 Å². The highest BCUT2D eigenvalue weighted by Gasteiger charge is 2.15. The van der Waals surface area contributed by atoms with Gasteiger partial charge in [0, 0.05) is 16.4 Å². The Hall–Kier alpha value is -0.360. The lowest BCUT2D eigenvalue weighted by Crippen LogP contribution is -2.29. The summed E-state index contributed by atoms with van der Waals surface area (Å²) in [6.45, 7) is 5.95. The first-order valence-electron chi connectivity index (χ1n) is 6.84. The van der Waals surface area contributed by atoms with Crippen LogP contribution in [0.5, 0.6) is 5.75 Å². The fraction of sp³-hybridized carbons (Fsp3) is 0.400. The second-order valence-corrected chi connectivity index (χ2v) is 6.93. The van der Waals surface area contributed by atoms with Crippen molar-refractivity contribution in [1.82, 2.24) is 10.3 Å². The Morgan fingerprint density at radius 3 is 2.81 bits per heavy atom. The molecule has 1 aromatic heterocycles. The van der Waals surface area contributed by atoms with E-state index in [2.05, 4.69) is 49.1 Å². The molecule has 2 aromatic rings. The Bertz CT molecular complexity index is 637. The molecule has 0 spiro atoms. The number of nitrogens with zero attached hydrogens (tertiary/aromatic N) is 1. The number of fused-ring (bicyclic) bond motifs is 1. The Kier molecular flexibility index (Phi) is 6.29. The van der Waals surface area contributed by atoms with Crippen LogP contribution in [-0.4, -0.2) is 24.2 Å². The van der Waals surface area contributed by atoms with Crippen molar-refractivity contribution in [3.63, 3.8) is 0 Å². The van der Waals surface area contributed by atoms with Gasteiger partial charge in [0.1, 0.15) is 16.8 Å². The van der Waals surface area contributed by atoms with Crippen molar-refractivity contribution in [2.45, 2.75) is 26.4 Å². The van der Waals surface area contributed by atoms with Crippen molar-refractivity contribution in [3.05, 3.63) is 32.3 Å². The second kappa shape index (κ2) is 7.77.